The zero-order valence-corrected chi connectivity index (χ0v) is 18.6. The lowest BCUT2D eigenvalue weighted by atomic mass is 9.78. The van der Waals surface area contributed by atoms with Crippen molar-refractivity contribution in [3.05, 3.63) is 70.4 Å². The molecule has 2 heterocycles. The van der Waals surface area contributed by atoms with Crippen LogP contribution in [-0.2, 0) is 10.8 Å². The average Bonchev–Trinajstić information content (AvgIpc) is 3.01. The van der Waals surface area contributed by atoms with E-state index in [-0.39, 0.29) is 22.0 Å². The van der Waals surface area contributed by atoms with Gasteiger partial charge < -0.3 is 15.1 Å². The number of benzene rings is 2. The van der Waals surface area contributed by atoms with Gasteiger partial charge in [0.15, 0.2) is 5.71 Å². The number of carboxylic acids is 2. The second-order valence-corrected chi connectivity index (χ2v) is 9.36. The van der Waals surface area contributed by atoms with Gasteiger partial charge in [0.2, 0.25) is 5.69 Å². The van der Waals surface area contributed by atoms with Crippen molar-refractivity contribution in [2.75, 3.05) is 19.0 Å². The fourth-order valence-electron chi connectivity index (χ4n) is 4.98. The Bertz CT molecular complexity index is 1220. The summed E-state index contributed by atoms with van der Waals surface area (Å²) in [5.41, 5.74) is 5.84. The summed E-state index contributed by atoms with van der Waals surface area (Å²) in [5.74, 6) is -1.87. The lowest BCUT2D eigenvalue weighted by molar-refractivity contribution is -0.401. The van der Waals surface area contributed by atoms with E-state index in [4.69, 9.17) is 0 Å². The van der Waals surface area contributed by atoms with Crippen molar-refractivity contribution in [2.24, 2.45) is 0 Å². The zero-order chi connectivity index (χ0) is 22.9. The van der Waals surface area contributed by atoms with Gasteiger partial charge in [-0.1, -0.05) is 13.8 Å². The predicted molar refractivity (Wildman–Crippen MR) is 120 cm³/mol. The van der Waals surface area contributed by atoms with Crippen LogP contribution in [-0.4, -0.2) is 46.5 Å². The first-order valence-electron chi connectivity index (χ1n) is 10.2. The van der Waals surface area contributed by atoms with E-state index in [1.807, 2.05) is 26.2 Å². The summed E-state index contributed by atoms with van der Waals surface area (Å²) < 4.78 is 2.11. The Hall–Kier alpha value is -3.41. The van der Waals surface area contributed by atoms with Crippen molar-refractivity contribution in [1.29, 1.82) is 0 Å². The van der Waals surface area contributed by atoms with Crippen LogP contribution in [0.15, 0.2) is 48.2 Å². The third kappa shape index (κ3) is 2.89. The van der Waals surface area contributed by atoms with Crippen molar-refractivity contribution in [3.63, 3.8) is 0 Å². The van der Waals surface area contributed by atoms with Crippen molar-refractivity contribution in [1.82, 2.24) is 0 Å². The normalized spacial score (nSPS) is 19.5. The van der Waals surface area contributed by atoms with Crippen molar-refractivity contribution >= 4 is 29.0 Å². The number of fused-ring (bicyclic) bond motifs is 2. The van der Waals surface area contributed by atoms with Gasteiger partial charge in [0.1, 0.15) is 7.05 Å². The van der Waals surface area contributed by atoms with Crippen LogP contribution in [0.3, 0.4) is 0 Å². The maximum atomic E-state index is 11.5. The van der Waals surface area contributed by atoms with Gasteiger partial charge >= 0.3 is 11.9 Å². The Labute approximate surface area is 181 Å². The van der Waals surface area contributed by atoms with Crippen LogP contribution in [0.1, 0.15) is 59.5 Å². The van der Waals surface area contributed by atoms with E-state index in [0.717, 1.165) is 33.9 Å². The zero-order valence-electron chi connectivity index (χ0n) is 18.6. The Balaban J connectivity index is 1.85. The highest BCUT2D eigenvalue weighted by Gasteiger charge is 2.46. The number of rotatable bonds is 3. The van der Waals surface area contributed by atoms with Crippen LogP contribution in [0.5, 0.6) is 0 Å². The number of hydrogen-bond donors (Lipinski definition) is 2. The molecule has 6 heteroatoms. The van der Waals surface area contributed by atoms with Gasteiger partial charge in [0, 0.05) is 41.6 Å². The summed E-state index contributed by atoms with van der Waals surface area (Å²) in [5, 5.41) is 18.9. The van der Waals surface area contributed by atoms with E-state index in [9.17, 15) is 19.8 Å². The van der Waals surface area contributed by atoms with Gasteiger partial charge in [0.05, 0.1) is 16.5 Å². The molecule has 2 aliphatic rings. The number of aromatic carboxylic acids is 2. The Kier molecular flexibility index (Phi) is 4.40. The minimum Gasteiger partial charge on any atom is -0.478 e. The molecule has 31 heavy (non-hydrogen) atoms. The van der Waals surface area contributed by atoms with E-state index in [1.165, 1.54) is 0 Å². The molecule has 160 valence electrons. The average molecular weight is 420 g/mol. The molecule has 2 aromatic rings. The quantitative estimate of drug-likeness (QED) is 0.721. The number of carbonyl (C=O) groups is 2. The van der Waals surface area contributed by atoms with Gasteiger partial charge in [0.25, 0.3) is 0 Å². The molecule has 4 rings (SSSR count). The second-order valence-electron chi connectivity index (χ2n) is 9.36. The predicted octanol–water partition coefficient (Wildman–Crippen LogP) is 4.40. The van der Waals surface area contributed by atoms with Crippen LogP contribution < -0.4 is 4.90 Å². The van der Waals surface area contributed by atoms with Crippen molar-refractivity contribution < 1.29 is 24.4 Å². The second kappa shape index (κ2) is 6.54. The van der Waals surface area contributed by atoms with E-state index in [1.54, 1.807) is 24.3 Å². The smallest absolute Gasteiger partial charge is 0.335 e. The standard InChI is InChI=1S/C25H26N2O4/c1-24(2)16-11-14(22(28)29)7-9-18(16)26(5)20(24)13-21-25(3,4)17-12-15(23(30)31)8-10-19(17)27(21)6/h7-13H,1-6H3,(H-,28,29,30,31)/p+1. The summed E-state index contributed by atoms with van der Waals surface area (Å²) in [7, 11) is 4.00. The maximum Gasteiger partial charge on any atom is 0.335 e. The number of hydrogen-bond acceptors (Lipinski definition) is 3. The summed E-state index contributed by atoms with van der Waals surface area (Å²) >= 11 is 0. The molecule has 0 saturated heterocycles. The van der Waals surface area contributed by atoms with E-state index in [0.29, 0.717) is 0 Å². The first kappa shape index (κ1) is 20.8. The van der Waals surface area contributed by atoms with E-state index in [2.05, 4.69) is 43.2 Å². The van der Waals surface area contributed by atoms with Crippen LogP contribution in [0.2, 0.25) is 0 Å². The minimum absolute atomic E-state index is 0.279. The largest absolute Gasteiger partial charge is 0.478 e. The molecule has 0 atom stereocenters. The van der Waals surface area contributed by atoms with Crippen LogP contribution in [0, 0.1) is 0 Å². The molecule has 0 bridgehead atoms. The van der Waals surface area contributed by atoms with Gasteiger partial charge in [-0.25, -0.2) is 9.59 Å². The Morgan fingerprint density at radius 1 is 0.903 bits per heavy atom. The lowest BCUT2D eigenvalue weighted by Gasteiger charge is -2.25. The molecule has 6 nitrogen and oxygen atoms in total. The highest BCUT2D eigenvalue weighted by atomic mass is 16.4. The molecule has 2 N–H and O–H groups in total. The SMILES string of the molecule is CN1C(=CC2=[N+](C)c3ccc(C(=O)O)cc3C2(C)C)C(C)(C)c2cc(C(=O)O)ccc21. The van der Waals surface area contributed by atoms with E-state index < -0.39 is 11.9 Å². The molecule has 0 fully saturated rings. The minimum atomic E-state index is -0.936. The van der Waals surface area contributed by atoms with Gasteiger partial charge in [-0.3, -0.25) is 0 Å². The van der Waals surface area contributed by atoms with Gasteiger partial charge in [-0.15, -0.1) is 0 Å². The van der Waals surface area contributed by atoms with Crippen molar-refractivity contribution in [2.45, 2.75) is 38.5 Å². The maximum absolute atomic E-state index is 11.5. The number of anilines is 1. The lowest BCUT2D eigenvalue weighted by Crippen LogP contribution is -2.31. The molecule has 2 aromatic carbocycles. The molecule has 0 amide bonds. The first-order valence-corrected chi connectivity index (χ1v) is 10.2. The summed E-state index contributed by atoms with van der Waals surface area (Å²) in [4.78, 5) is 25.1. The molecule has 2 aliphatic heterocycles. The number of allylic oxidation sites excluding steroid dienone is 2. The topological polar surface area (TPSA) is 80.8 Å². The highest BCUT2D eigenvalue weighted by Crippen LogP contribution is 2.48. The molecule has 0 unspecified atom stereocenters. The number of likely N-dealkylation sites (N-methyl/N-ethyl adjacent to an activating group) is 1. The molecule has 0 spiro atoms. The van der Waals surface area contributed by atoms with Crippen LogP contribution in [0.4, 0.5) is 11.4 Å². The van der Waals surface area contributed by atoms with Gasteiger partial charge in [-0.2, -0.15) is 4.58 Å². The highest BCUT2D eigenvalue weighted by molar-refractivity contribution is 6.05. The van der Waals surface area contributed by atoms with Crippen LogP contribution in [0.25, 0.3) is 0 Å². The third-order valence-corrected chi connectivity index (χ3v) is 6.83. The molecule has 0 saturated carbocycles. The Morgan fingerprint density at radius 3 is 2.03 bits per heavy atom. The molecular formula is C25H27N2O4+. The fraction of sp³-hybridized carbons (Fsp3) is 0.320. The third-order valence-electron chi connectivity index (χ3n) is 6.83. The van der Waals surface area contributed by atoms with E-state index >= 15 is 0 Å². The fourth-order valence-corrected chi connectivity index (χ4v) is 4.98. The summed E-state index contributed by atoms with van der Waals surface area (Å²) in [6.45, 7) is 8.41. The van der Waals surface area contributed by atoms with Crippen LogP contribution >= 0.6 is 0 Å². The molecule has 0 aromatic heterocycles. The number of nitrogens with zero attached hydrogens (tertiary/aromatic N) is 2. The molecule has 0 aliphatic carbocycles. The first-order chi connectivity index (χ1) is 14.4. The van der Waals surface area contributed by atoms with Crippen molar-refractivity contribution in [3.8, 4) is 0 Å². The number of carboxylic acid groups (broad SMARTS) is 2. The monoisotopic (exact) mass is 419 g/mol. The Morgan fingerprint density at radius 2 is 1.45 bits per heavy atom. The summed E-state index contributed by atoms with van der Waals surface area (Å²) in [6.07, 6.45) is 2.17. The van der Waals surface area contributed by atoms with Gasteiger partial charge in [-0.05, 0) is 49.7 Å². The molecule has 0 radical (unpaired) electrons. The molecular weight excluding hydrogens is 392 g/mol. The summed E-state index contributed by atoms with van der Waals surface area (Å²) in [6, 6.07) is 10.5.